The van der Waals surface area contributed by atoms with Gasteiger partial charge in [0.25, 0.3) is 0 Å². The van der Waals surface area contributed by atoms with Gasteiger partial charge in [0.05, 0.1) is 5.02 Å². The molecule has 0 radical (unpaired) electrons. The van der Waals surface area contributed by atoms with Gasteiger partial charge in [-0.3, -0.25) is 0 Å². The van der Waals surface area contributed by atoms with E-state index in [1.807, 2.05) is 26.0 Å². The van der Waals surface area contributed by atoms with Crippen molar-refractivity contribution >= 4 is 17.4 Å². The van der Waals surface area contributed by atoms with Gasteiger partial charge in [0.15, 0.2) is 0 Å². The molecule has 0 saturated carbocycles. The minimum absolute atomic E-state index is 0.135. The fourth-order valence-electron chi connectivity index (χ4n) is 1.30. The molecule has 0 bridgehead atoms. The number of benzene rings is 1. The predicted octanol–water partition coefficient (Wildman–Crippen LogP) is 2.55. The van der Waals surface area contributed by atoms with E-state index in [-0.39, 0.29) is 11.9 Å². The van der Waals surface area contributed by atoms with Crippen LogP contribution in [0.2, 0.25) is 5.02 Å². The van der Waals surface area contributed by atoms with Crippen molar-refractivity contribution in [2.24, 2.45) is 10.9 Å². The maximum atomic E-state index is 8.42. The number of hydrogen-bond acceptors (Lipinski definition) is 3. The topological polar surface area (TPSA) is 67.8 Å². The van der Waals surface area contributed by atoms with Crippen molar-refractivity contribution in [2.75, 3.05) is 0 Å². The molecule has 1 rings (SSSR count). The summed E-state index contributed by atoms with van der Waals surface area (Å²) in [6, 6.07) is 5.55. The second-order valence-corrected chi connectivity index (χ2v) is 4.07. The van der Waals surface area contributed by atoms with Gasteiger partial charge in [-0.2, -0.15) is 0 Å². The Balaban J connectivity index is 2.66. The number of ether oxygens (including phenoxy) is 1. The molecule has 0 saturated heterocycles. The molecule has 0 fully saturated rings. The summed E-state index contributed by atoms with van der Waals surface area (Å²) in [5.41, 5.74) is 6.45. The molecular formula is C11H15ClN2O2. The molecule has 0 heterocycles. The van der Waals surface area contributed by atoms with Gasteiger partial charge < -0.3 is 15.7 Å². The monoisotopic (exact) mass is 242 g/mol. The van der Waals surface area contributed by atoms with Crippen molar-refractivity contribution in [3.63, 3.8) is 0 Å². The maximum Gasteiger partial charge on any atom is 0.142 e. The molecular weight excluding hydrogens is 228 g/mol. The molecule has 5 heteroatoms. The number of nitrogens with two attached hydrogens (primary N) is 1. The van der Waals surface area contributed by atoms with Crippen LogP contribution in [-0.2, 0) is 0 Å². The third-order valence-electron chi connectivity index (χ3n) is 2.04. The lowest BCUT2D eigenvalue weighted by atomic mass is 10.2. The van der Waals surface area contributed by atoms with Crippen molar-refractivity contribution in [2.45, 2.75) is 26.4 Å². The second kappa shape index (κ2) is 5.61. The largest absolute Gasteiger partial charge is 0.489 e. The van der Waals surface area contributed by atoms with Crippen LogP contribution >= 0.6 is 11.6 Å². The molecule has 0 amide bonds. The van der Waals surface area contributed by atoms with Crippen LogP contribution in [0.4, 0.5) is 0 Å². The van der Waals surface area contributed by atoms with E-state index in [0.717, 1.165) is 5.56 Å². The molecule has 1 atom stereocenters. The Morgan fingerprint density at radius 3 is 2.88 bits per heavy atom. The number of halogens is 1. The number of amidine groups is 1. The molecule has 0 spiro atoms. The molecule has 0 aromatic heterocycles. The lowest BCUT2D eigenvalue weighted by Gasteiger charge is -2.15. The van der Waals surface area contributed by atoms with Crippen LogP contribution in [0.5, 0.6) is 5.75 Å². The van der Waals surface area contributed by atoms with Crippen LogP contribution in [0.1, 0.15) is 18.9 Å². The van der Waals surface area contributed by atoms with Gasteiger partial charge >= 0.3 is 0 Å². The lowest BCUT2D eigenvalue weighted by molar-refractivity contribution is 0.226. The van der Waals surface area contributed by atoms with Gasteiger partial charge in [-0.25, -0.2) is 0 Å². The van der Waals surface area contributed by atoms with Gasteiger partial charge in [0.2, 0.25) is 0 Å². The summed E-state index contributed by atoms with van der Waals surface area (Å²) in [5.74, 6) is 0.737. The number of rotatable bonds is 4. The van der Waals surface area contributed by atoms with Gasteiger partial charge in [0.1, 0.15) is 17.7 Å². The van der Waals surface area contributed by atoms with E-state index in [1.165, 1.54) is 0 Å². The van der Waals surface area contributed by atoms with Crippen molar-refractivity contribution in [3.05, 3.63) is 28.8 Å². The minimum atomic E-state index is -0.198. The van der Waals surface area contributed by atoms with Crippen LogP contribution in [0, 0.1) is 6.92 Å². The predicted molar refractivity (Wildman–Crippen MR) is 64.3 cm³/mol. The molecule has 1 aromatic rings. The number of nitrogens with zero attached hydrogens (tertiary/aromatic N) is 1. The highest BCUT2D eigenvalue weighted by Crippen LogP contribution is 2.26. The Morgan fingerprint density at radius 1 is 1.62 bits per heavy atom. The average molecular weight is 243 g/mol. The second-order valence-electron chi connectivity index (χ2n) is 3.66. The summed E-state index contributed by atoms with van der Waals surface area (Å²) in [6.45, 7) is 3.78. The summed E-state index contributed by atoms with van der Waals surface area (Å²) in [5, 5.41) is 11.9. The first-order valence-corrected chi connectivity index (χ1v) is 5.30. The normalized spacial score (nSPS) is 13.6. The minimum Gasteiger partial charge on any atom is -0.489 e. The average Bonchev–Trinajstić information content (AvgIpc) is 2.22. The number of aryl methyl sites for hydroxylation is 1. The molecule has 0 aliphatic heterocycles. The Labute approximate surface area is 99.7 Å². The van der Waals surface area contributed by atoms with Gasteiger partial charge in [-0.1, -0.05) is 22.8 Å². The SMILES string of the molecule is Cc1ccc(OC(C)CC(N)=NO)c(Cl)c1. The van der Waals surface area contributed by atoms with Crippen molar-refractivity contribution in [3.8, 4) is 5.75 Å². The molecule has 4 nitrogen and oxygen atoms in total. The van der Waals surface area contributed by atoms with E-state index in [0.29, 0.717) is 17.2 Å². The van der Waals surface area contributed by atoms with E-state index in [9.17, 15) is 0 Å². The Morgan fingerprint density at radius 2 is 2.31 bits per heavy atom. The first-order valence-electron chi connectivity index (χ1n) is 4.92. The summed E-state index contributed by atoms with van der Waals surface area (Å²) in [7, 11) is 0. The van der Waals surface area contributed by atoms with E-state index in [4.69, 9.17) is 27.3 Å². The fourth-order valence-corrected chi connectivity index (χ4v) is 1.57. The zero-order chi connectivity index (χ0) is 12.1. The number of hydrogen-bond donors (Lipinski definition) is 2. The number of oxime groups is 1. The van der Waals surface area contributed by atoms with Crippen LogP contribution in [0.25, 0.3) is 0 Å². The third kappa shape index (κ3) is 3.62. The van der Waals surface area contributed by atoms with E-state index >= 15 is 0 Å². The Bertz CT molecular complexity index is 394. The first-order chi connectivity index (χ1) is 7.52. The molecule has 88 valence electrons. The third-order valence-corrected chi connectivity index (χ3v) is 2.34. The highest BCUT2D eigenvalue weighted by Gasteiger charge is 2.09. The molecule has 0 aliphatic carbocycles. The first kappa shape index (κ1) is 12.6. The Kier molecular flexibility index (Phi) is 4.43. The summed E-state index contributed by atoms with van der Waals surface area (Å²) in [4.78, 5) is 0. The highest BCUT2D eigenvalue weighted by molar-refractivity contribution is 6.32. The van der Waals surface area contributed by atoms with Crippen molar-refractivity contribution < 1.29 is 9.94 Å². The maximum absolute atomic E-state index is 8.42. The van der Waals surface area contributed by atoms with Crippen LogP contribution < -0.4 is 10.5 Å². The van der Waals surface area contributed by atoms with Gasteiger partial charge in [0, 0.05) is 6.42 Å². The Hall–Kier alpha value is -1.42. The molecule has 16 heavy (non-hydrogen) atoms. The van der Waals surface area contributed by atoms with Gasteiger partial charge in [-0.15, -0.1) is 0 Å². The summed E-state index contributed by atoms with van der Waals surface area (Å²) in [6.07, 6.45) is 0.150. The zero-order valence-electron chi connectivity index (χ0n) is 9.27. The van der Waals surface area contributed by atoms with Crippen molar-refractivity contribution in [1.82, 2.24) is 0 Å². The van der Waals surface area contributed by atoms with Crippen LogP contribution in [-0.4, -0.2) is 17.1 Å². The molecule has 1 unspecified atom stereocenters. The van der Waals surface area contributed by atoms with Crippen molar-refractivity contribution in [1.29, 1.82) is 0 Å². The molecule has 3 N–H and O–H groups in total. The molecule has 0 aliphatic rings. The summed E-state index contributed by atoms with van der Waals surface area (Å²) >= 11 is 6.01. The fraction of sp³-hybridized carbons (Fsp3) is 0.364. The van der Waals surface area contributed by atoms with Crippen LogP contribution in [0.15, 0.2) is 23.4 Å². The van der Waals surface area contributed by atoms with E-state index in [1.54, 1.807) is 6.07 Å². The zero-order valence-corrected chi connectivity index (χ0v) is 10.0. The van der Waals surface area contributed by atoms with Crippen LogP contribution in [0.3, 0.4) is 0 Å². The lowest BCUT2D eigenvalue weighted by Crippen LogP contribution is -2.22. The summed E-state index contributed by atoms with van der Waals surface area (Å²) < 4.78 is 5.57. The highest BCUT2D eigenvalue weighted by atomic mass is 35.5. The van der Waals surface area contributed by atoms with E-state index in [2.05, 4.69) is 5.16 Å². The standard InChI is InChI=1S/C11H15ClN2O2/c1-7-3-4-10(9(12)5-7)16-8(2)6-11(13)14-15/h3-5,8,15H,6H2,1-2H3,(H2,13,14). The van der Waals surface area contributed by atoms with Gasteiger partial charge in [-0.05, 0) is 31.5 Å². The smallest absolute Gasteiger partial charge is 0.142 e. The molecule has 1 aromatic carbocycles. The quantitative estimate of drug-likeness (QED) is 0.369. The van der Waals surface area contributed by atoms with E-state index < -0.39 is 0 Å².